The van der Waals surface area contributed by atoms with E-state index in [1.807, 2.05) is 31.2 Å². The Bertz CT molecular complexity index is 757. The molecule has 2 aromatic carbocycles. The van der Waals surface area contributed by atoms with Gasteiger partial charge in [-0.15, -0.1) is 11.8 Å². The molecule has 6 heteroatoms. The van der Waals surface area contributed by atoms with Crippen LogP contribution in [0, 0.1) is 6.92 Å². The lowest BCUT2D eigenvalue weighted by Crippen LogP contribution is -2.26. The predicted octanol–water partition coefficient (Wildman–Crippen LogP) is 3.32. The number of hydrogen-bond donors (Lipinski definition) is 2. The average molecular weight is 342 g/mol. The van der Waals surface area contributed by atoms with Crippen molar-refractivity contribution < 1.29 is 14.7 Å². The van der Waals surface area contributed by atoms with Crippen LogP contribution in [-0.2, 0) is 4.79 Å². The summed E-state index contributed by atoms with van der Waals surface area (Å²) in [7, 11) is 0. The van der Waals surface area contributed by atoms with E-state index in [2.05, 4.69) is 10.5 Å². The monoisotopic (exact) mass is 342 g/mol. The maximum Gasteiger partial charge on any atom is 0.336 e. The number of benzene rings is 2. The summed E-state index contributed by atoms with van der Waals surface area (Å²) < 4.78 is 0. The smallest absolute Gasteiger partial charge is 0.336 e. The van der Waals surface area contributed by atoms with Crippen molar-refractivity contribution in [2.45, 2.75) is 24.0 Å². The van der Waals surface area contributed by atoms with E-state index in [0.29, 0.717) is 5.56 Å². The molecule has 0 bridgehead atoms. The Morgan fingerprint density at radius 2 is 1.83 bits per heavy atom. The molecular weight excluding hydrogens is 324 g/mol. The fraction of sp³-hybridized carbons (Fsp3) is 0.167. The SMILES string of the molecule is Cc1ccc(S[C@@H](C)C(=O)N/N=C\c2ccccc2C(=O)O)cc1. The number of carbonyl (C=O) groups is 2. The quantitative estimate of drug-likeness (QED) is 0.479. The molecule has 0 heterocycles. The van der Waals surface area contributed by atoms with Crippen LogP contribution in [-0.4, -0.2) is 28.4 Å². The number of nitrogens with one attached hydrogen (secondary N) is 1. The van der Waals surface area contributed by atoms with Gasteiger partial charge in [0, 0.05) is 10.5 Å². The van der Waals surface area contributed by atoms with E-state index in [9.17, 15) is 9.59 Å². The third-order valence-corrected chi connectivity index (χ3v) is 4.38. The summed E-state index contributed by atoms with van der Waals surface area (Å²) >= 11 is 1.43. The molecule has 1 amide bonds. The molecule has 0 saturated carbocycles. The zero-order chi connectivity index (χ0) is 17.5. The molecule has 0 aromatic heterocycles. The van der Waals surface area contributed by atoms with Crippen molar-refractivity contribution in [2.75, 3.05) is 0 Å². The number of nitrogens with zero attached hydrogens (tertiary/aromatic N) is 1. The standard InChI is InChI=1S/C18H18N2O3S/c1-12-7-9-15(10-8-12)24-13(2)17(21)20-19-11-14-5-3-4-6-16(14)18(22)23/h3-11,13H,1-2H3,(H,20,21)(H,22,23)/b19-11-/t13-/m0/s1. The van der Waals surface area contributed by atoms with Crippen molar-refractivity contribution in [1.29, 1.82) is 0 Å². The number of thioether (sulfide) groups is 1. The van der Waals surface area contributed by atoms with E-state index in [1.54, 1.807) is 25.1 Å². The van der Waals surface area contributed by atoms with Gasteiger partial charge in [0.25, 0.3) is 5.91 Å². The molecule has 124 valence electrons. The van der Waals surface area contributed by atoms with Crippen molar-refractivity contribution in [3.63, 3.8) is 0 Å². The predicted molar refractivity (Wildman–Crippen MR) is 95.6 cm³/mol. The van der Waals surface area contributed by atoms with Gasteiger partial charge < -0.3 is 5.11 Å². The van der Waals surface area contributed by atoms with E-state index in [4.69, 9.17) is 5.11 Å². The lowest BCUT2D eigenvalue weighted by Gasteiger charge is -2.09. The minimum atomic E-state index is -1.04. The molecule has 0 saturated heterocycles. The number of aryl methyl sites for hydroxylation is 1. The van der Waals surface area contributed by atoms with Gasteiger partial charge in [-0.3, -0.25) is 4.79 Å². The maximum atomic E-state index is 12.1. The lowest BCUT2D eigenvalue weighted by atomic mass is 10.1. The molecule has 2 rings (SSSR count). The summed E-state index contributed by atoms with van der Waals surface area (Å²) in [5.41, 5.74) is 4.18. The van der Waals surface area contributed by atoms with Crippen LogP contribution in [0.25, 0.3) is 0 Å². The van der Waals surface area contributed by atoms with E-state index < -0.39 is 5.97 Å². The van der Waals surface area contributed by atoms with Gasteiger partial charge in [0.1, 0.15) is 0 Å². The number of amides is 1. The molecule has 24 heavy (non-hydrogen) atoms. The molecule has 0 fully saturated rings. The zero-order valence-corrected chi connectivity index (χ0v) is 14.2. The van der Waals surface area contributed by atoms with Crippen LogP contribution in [0.3, 0.4) is 0 Å². The molecular formula is C18H18N2O3S. The molecule has 2 aromatic rings. The Balaban J connectivity index is 1.95. The van der Waals surface area contributed by atoms with Gasteiger partial charge in [-0.05, 0) is 32.0 Å². The van der Waals surface area contributed by atoms with Gasteiger partial charge in [0.15, 0.2) is 0 Å². The maximum absolute atomic E-state index is 12.1. The second-order valence-corrected chi connectivity index (χ2v) is 6.61. The molecule has 0 unspecified atom stereocenters. The van der Waals surface area contributed by atoms with Gasteiger partial charge in [0.05, 0.1) is 17.0 Å². The highest BCUT2D eigenvalue weighted by Crippen LogP contribution is 2.23. The Morgan fingerprint density at radius 3 is 2.50 bits per heavy atom. The van der Waals surface area contributed by atoms with E-state index in [1.165, 1.54) is 24.0 Å². The number of carboxylic acid groups (broad SMARTS) is 1. The number of hydrazone groups is 1. The van der Waals surface area contributed by atoms with Crippen LogP contribution in [0.15, 0.2) is 58.5 Å². The first-order valence-corrected chi connectivity index (χ1v) is 8.24. The number of carbonyl (C=O) groups excluding carboxylic acids is 1. The van der Waals surface area contributed by atoms with Gasteiger partial charge in [-0.2, -0.15) is 5.10 Å². The molecule has 1 atom stereocenters. The Labute approximate surface area is 144 Å². The second kappa shape index (κ2) is 8.31. The normalized spacial score (nSPS) is 12.1. The van der Waals surface area contributed by atoms with Crippen molar-refractivity contribution in [1.82, 2.24) is 5.43 Å². The largest absolute Gasteiger partial charge is 0.478 e. The fourth-order valence-electron chi connectivity index (χ4n) is 1.94. The average Bonchev–Trinajstić information content (AvgIpc) is 2.57. The zero-order valence-electron chi connectivity index (χ0n) is 13.4. The van der Waals surface area contributed by atoms with Crippen LogP contribution < -0.4 is 5.43 Å². The minimum Gasteiger partial charge on any atom is -0.478 e. The molecule has 2 N–H and O–H groups in total. The number of carboxylic acids is 1. The third-order valence-electron chi connectivity index (χ3n) is 3.27. The lowest BCUT2D eigenvalue weighted by molar-refractivity contribution is -0.120. The summed E-state index contributed by atoms with van der Waals surface area (Å²) in [4.78, 5) is 24.2. The van der Waals surface area contributed by atoms with Gasteiger partial charge in [0.2, 0.25) is 0 Å². The Kier molecular flexibility index (Phi) is 6.14. The van der Waals surface area contributed by atoms with Gasteiger partial charge in [-0.25, -0.2) is 10.2 Å². The fourth-order valence-corrected chi connectivity index (χ4v) is 2.80. The summed E-state index contributed by atoms with van der Waals surface area (Å²) in [5.74, 6) is -1.28. The third kappa shape index (κ3) is 4.96. The van der Waals surface area contributed by atoms with Crippen LogP contribution in [0.5, 0.6) is 0 Å². The van der Waals surface area contributed by atoms with Gasteiger partial charge >= 0.3 is 5.97 Å². The van der Waals surface area contributed by atoms with Crippen LogP contribution in [0.2, 0.25) is 0 Å². The highest BCUT2D eigenvalue weighted by molar-refractivity contribution is 8.00. The summed E-state index contributed by atoms with van der Waals surface area (Å²) in [6.45, 7) is 3.80. The first-order chi connectivity index (χ1) is 11.5. The Hall–Kier alpha value is -2.60. The summed E-state index contributed by atoms with van der Waals surface area (Å²) in [5, 5.41) is 12.6. The molecule has 0 spiro atoms. The first kappa shape index (κ1) is 17.7. The first-order valence-electron chi connectivity index (χ1n) is 7.36. The van der Waals surface area contributed by atoms with Crippen molar-refractivity contribution in [2.24, 2.45) is 5.10 Å². The highest BCUT2D eigenvalue weighted by Gasteiger charge is 2.13. The topological polar surface area (TPSA) is 78.8 Å². The van der Waals surface area contributed by atoms with Crippen LogP contribution >= 0.6 is 11.8 Å². The van der Waals surface area contributed by atoms with Crippen molar-refractivity contribution in [3.05, 3.63) is 65.2 Å². The van der Waals surface area contributed by atoms with E-state index in [-0.39, 0.29) is 16.7 Å². The van der Waals surface area contributed by atoms with Crippen LogP contribution in [0.1, 0.15) is 28.4 Å². The Morgan fingerprint density at radius 1 is 1.17 bits per heavy atom. The molecule has 5 nitrogen and oxygen atoms in total. The molecule has 0 aliphatic carbocycles. The molecule has 0 aliphatic rings. The number of rotatable bonds is 6. The molecule has 0 aliphatic heterocycles. The van der Waals surface area contributed by atoms with E-state index in [0.717, 1.165) is 10.5 Å². The van der Waals surface area contributed by atoms with Gasteiger partial charge in [-0.1, -0.05) is 35.9 Å². The van der Waals surface area contributed by atoms with E-state index >= 15 is 0 Å². The minimum absolute atomic E-state index is 0.137. The van der Waals surface area contributed by atoms with Crippen molar-refractivity contribution in [3.8, 4) is 0 Å². The highest BCUT2D eigenvalue weighted by atomic mass is 32.2. The summed E-state index contributed by atoms with van der Waals surface area (Å²) in [6, 6.07) is 14.4. The van der Waals surface area contributed by atoms with Crippen molar-refractivity contribution >= 4 is 29.9 Å². The van der Waals surface area contributed by atoms with Crippen LogP contribution in [0.4, 0.5) is 0 Å². The summed E-state index contributed by atoms with van der Waals surface area (Å²) in [6.07, 6.45) is 1.34. The second-order valence-electron chi connectivity index (χ2n) is 5.20. The molecule has 0 radical (unpaired) electrons. The number of aromatic carboxylic acids is 1. The number of hydrogen-bond acceptors (Lipinski definition) is 4.